The summed E-state index contributed by atoms with van der Waals surface area (Å²) in [6.45, 7) is 7.98. The molecule has 0 bridgehead atoms. The van der Waals surface area contributed by atoms with Gasteiger partial charge in [0.2, 0.25) is 0 Å². The quantitative estimate of drug-likeness (QED) is 0.433. The van der Waals surface area contributed by atoms with E-state index >= 15 is 0 Å². The highest BCUT2D eigenvalue weighted by molar-refractivity contribution is 5.31. The molecule has 3 heteroatoms. The van der Waals surface area contributed by atoms with E-state index in [1.54, 1.807) is 6.20 Å². The molecule has 3 N–H and O–H groups in total. The first-order valence-electron chi connectivity index (χ1n) is 4.75. The number of nitrogens with two attached hydrogens (primary N) is 1. The predicted molar refractivity (Wildman–Crippen MR) is 58.5 cm³/mol. The highest BCUT2D eigenvalue weighted by atomic mass is 15.2. The van der Waals surface area contributed by atoms with Crippen LogP contribution in [0.4, 0.5) is 0 Å². The SMILES string of the molecule is C=C(C)C(NN)c1ccncc1CC. The summed E-state index contributed by atoms with van der Waals surface area (Å²) in [6.07, 6.45) is 4.61. The maximum Gasteiger partial charge on any atom is 0.0668 e. The molecule has 14 heavy (non-hydrogen) atoms. The number of rotatable bonds is 4. The highest BCUT2D eigenvalue weighted by Gasteiger charge is 2.13. The Hall–Kier alpha value is -1.19. The van der Waals surface area contributed by atoms with Gasteiger partial charge in [0, 0.05) is 12.4 Å². The lowest BCUT2D eigenvalue weighted by Crippen LogP contribution is -2.29. The van der Waals surface area contributed by atoms with E-state index in [1.807, 2.05) is 19.2 Å². The van der Waals surface area contributed by atoms with Crippen molar-refractivity contribution < 1.29 is 0 Å². The summed E-state index contributed by atoms with van der Waals surface area (Å²) < 4.78 is 0. The number of hydrogen-bond acceptors (Lipinski definition) is 3. The predicted octanol–water partition coefficient (Wildman–Crippen LogP) is 1.72. The molecule has 76 valence electrons. The summed E-state index contributed by atoms with van der Waals surface area (Å²) in [5, 5.41) is 0. The zero-order valence-corrected chi connectivity index (χ0v) is 8.75. The van der Waals surface area contributed by atoms with Gasteiger partial charge in [0.1, 0.15) is 0 Å². The number of nitrogens with zero attached hydrogens (tertiary/aromatic N) is 1. The molecule has 0 aliphatic carbocycles. The van der Waals surface area contributed by atoms with Crippen LogP contribution in [0.2, 0.25) is 0 Å². The monoisotopic (exact) mass is 191 g/mol. The Morgan fingerprint density at radius 2 is 2.43 bits per heavy atom. The van der Waals surface area contributed by atoms with Gasteiger partial charge in [-0.05, 0) is 30.5 Å². The second-order valence-corrected chi connectivity index (χ2v) is 3.37. The standard InChI is InChI=1S/C11H17N3/c1-4-9-7-13-6-5-10(9)11(14-12)8(2)3/h5-7,11,14H,2,4,12H2,1,3H3. The zero-order valence-electron chi connectivity index (χ0n) is 8.75. The third kappa shape index (κ3) is 2.19. The lowest BCUT2D eigenvalue weighted by molar-refractivity contribution is 0.621. The van der Waals surface area contributed by atoms with Gasteiger partial charge in [-0.1, -0.05) is 19.1 Å². The largest absolute Gasteiger partial charge is 0.271 e. The Bertz CT molecular complexity index is 320. The average molecular weight is 191 g/mol. The van der Waals surface area contributed by atoms with Crippen molar-refractivity contribution in [1.29, 1.82) is 0 Å². The molecule has 1 heterocycles. The first-order valence-corrected chi connectivity index (χ1v) is 4.75. The van der Waals surface area contributed by atoms with Gasteiger partial charge in [-0.2, -0.15) is 0 Å². The van der Waals surface area contributed by atoms with E-state index in [2.05, 4.69) is 23.9 Å². The molecule has 1 unspecified atom stereocenters. The van der Waals surface area contributed by atoms with E-state index in [1.165, 1.54) is 5.56 Å². The van der Waals surface area contributed by atoms with Gasteiger partial charge >= 0.3 is 0 Å². The Morgan fingerprint density at radius 1 is 1.71 bits per heavy atom. The van der Waals surface area contributed by atoms with Gasteiger partial charge in [-0.15, -0.1) is 0 Å². The number of aryl methyl sites for hydroxylation is 1. The Balaban J connectivity index is 3.08. The Kier molecular flexibility index (Phi) is 3.80. The zero-order chi connectivity index (χ0) is 10.6. The minimum absolute atomic E-state index is 0.0212. The van der Waals surface area contributed by atoms with Gasteiger partial charge in [-0.25, -0.2) is 5.43 Å². The summed E-state index contributed by atoms with van der Waals surface area (Å²) >= 11 is 0. The Morgan fingerprint density at radius 3 is 2.93 bits per heavy atom. The third-order valence-electron chi connectivity index (χ3n) is 2.29. The van der Waals surface area contributed by atoms with Gasteiger partial charge in [0.05, 0.1) is 6.04 Å². The fourth-order valence-corrected chi connectivity index (χ4v) is 1.51. The highest BCUT2D eigenvalue weighted by Crippen LogP contribution is 2.22. The average Bonchev–Trinajstić information content (AvgIpc) is 2.19. The lowest BCUT2D eigenvalue weighted by atomic mass is 9.97. The number of hydrazine groups is 1. The maximum atomic E-state index is 5.50. The minimum atomic E-state index is 0.0212. The second-order valence-electron chi connectivity index (χ2n) is 3.37. The van der Waals surface area contributed by atoms with Crippen LogP contribution in [0.5, 0.6) is 0 Å². The molecular weight excluding hydrogens is 174 g/mol. The van der Waals surface area contributed by atoms with Crippen molar-refractivity contribution in [2.75, 3.05) is 0 Å². The van der Waals surface area contributed by atoms with E-state index in [4.69, 9.17) is 5.84 Å². The number of nitrogens with one attached hydrogen (secondary N) is 1. The molecule has 0 aromatic carbocycles. The first-order chi connectivity index (χ1) is 6.70. The van der Waals surface area contributed by atoms with E-state index in [-0.39, 0.29) is 6.04 Å². The summed E-state index contributed by atoms with van der Waals surface area (Å²) in [4.78, 5) is 4.09. The molecule has 0 fully saturated rings. The minimum Gasteiger partial charge on any atom is -0.271 e. The van der Waals surface area contributed by atoms with Crippen LogP contribution in [0.25, 0.3) is 0 Å². The van der Waals surface area contributed by atoms with E-state index in [0.717, 1.165) is 17.6 Å². The number of hydrogen-bond donors (Lipinski definition) is 2. The molecule has 0 aliphatic heterocycles. The van der Waals surface area contributed by atoms with Gasteiger partial charge in [0.15, 0.2) is 0 Å². The molecule has 0 amide bonds. The molecular formula is C11H17N3. The van der Waals surface area contributed by atoms with Crippen molar-refractivity contribution in [3.63, 3.8) is 0 Å². The summed E-state index contributed by atoms with van der Waals surface area (Å²) in [5.41, 5.74) is 6.14. The molecule has 0 saturated heterocycles. The molecule has 0 spiro atoms. The first kappa shape index (κ1) is 10.9. The van der Waals surface area contributed by atoms with Crippen LogP contribution in [-0.4, -0.2) is 4.98 Å². The van der Waals surface area contributed by atoms with Crippen molar-refractivity contribution in [2.45, 2.75) is 26.3 Å². The van der Waals surface area contributed by atoms with Gasteiger partial charge < -0.3 is 0 Å². The van der Waals surface area contributed by atoms with E-state index in [9.17, 15) is 0 Å². The fourth-order valence-electron chi connectivity index (χ4n) is 1.51. The third-order valence-corrected chi connectivity index (χ3v) is 2.29. The molecule has 1 rings (SSSR count). The second kappa shape index (κ2) is 4.88. The van der Waals surface area contributed by atoms with Crippen LogP contribution >= 0.6 is 0 Å². The van der Waals surface area contributed by atoms with Crippen molar-refractivity contribution in [3.8, 4) is 0 Å². The van der Waals surface area contributed by atoms with E-state index < -0.39 is 0 Å². The molecule has 1 atom stereocenters. The number of pyridine rings is 1. The fraction of sp³-hybridized carbons (Fsp3) is 0.364. The van der Waals surface area contributed by atoms with Gasteiger partial charge in [-0.3, -0.25) is 10.8 Å². The molecule has 3 nitrogen and oxygen atoms in total. The van der Waals surface area contributed by atoms with Crippen LogP contribution in [-0.2, 0) is 6.42 Å². The van der Waals surface area contributed by atoms with Crippen LogP contribution in [0.1, 0.15) is 31.0 Å². The Labute approximate surface area is 85.0 Å². The summed E-state index contributed by atoms with van der Waals surface area (Å²) in [6, 6.07) is 2.01. The summed E-state index contributed by atoms with van der Waals surface area (Å²) in [5.74, 6) is 5.50. The van der Waals surface area contributed by atoms with E-state index in [0.29, 0.717) is 0 Å². The smallest absolute Gasteiger partial charge is 0.0668 e. The molecule has 1 aromatic heterocycles. The summed E-state index contributed by atoms with van der Waals surface area (Å²) in [7, 11) is 0. The molecule has 0 saturated carbocycles. The van der Waals surface area contributed by atoms with Crippen molar-refractivity contribution in [2.24, 2.45) is 5.84 Å². The van der Waals surface area contributed by atoms with Crippen molar-refractivity contribution in [1.82, 2.24) is 10.4 Å². The maximum absolute atomic E-state index is 5.50. The lowest BCUT2D eigenvalue weighted by Gasteiger charge is -2.18. The molecule has 0 aliphatic rings. The van der Waals surface area contributed by atoms with Crippen molar-refractivity contribution >= 4 is 0 Å². The van der Waals surface area contributed by atoms with Gasteiger partial charge in [0.25, 0.3) is 0 Å². The van der Waals surface area contributed by atoms with Crippen LogP contribution in [0, 0.1) is 0 Å². The normalized spacial score (nSPS) is 12.5. The van der Waals surface area contributed by atoms with Crippen LogP contribution in [0.3, 0.4) is 0 Å². The van der Waals surface area contributed by atoms with Crippen molar-refractivity contribution in [3.05, 3.63) is 41.7 Å². The molecule has 1 aromatic rings. The topological polar surface area (TPSA) is 50.9 Å². The molecule has 0 radical (unpaired) electrons. The van der Waals surface area contributed by atoms with Crippen LogP contribution in [0.15, 0.2) is 30.6 Å². The van der Waals surface area contributed by atoms with Crippen LogP contribution < -0.4 is 11.3 Å². The number of aromatic nitrogens is 1.